The molecule has 2 heteroatoms. The zero-order chi connectivity index (χ0) is 11.7. The predicted octanol–water partition coefficient (Wildman–Crippen LogP) is 2.22. The molecule has 1 fully saturated rings. The molecule has 0 saturated carbocycles. The molecule has 0 spiro atoms. The van der Waals surface area contributed by atoms with Crippen molar-refractivity contribution in [2.24, 2.45) is 5.92 Å². The Bertz CT molecular complexity index is 496. The molecule has 1 aliphatic carbocycles. The van der Waals surface area contributed by atoms with Crippen molar-refractivity contribution in [3.8, 4) is 12.3 Å². The Morgan fingerprint density at radius 2 is 2.35 bits per heavy atom. The predicted molar refractivity (Wildman–Crippen MR) is 69.3 cm³/mol. The van der Waals surface area contributed by atoms with Gasteiger partial charge in [0, 0.05) is 24.0 Å². The Balaban J connectivity index is 1.87. The summed E-state index contributed by atoms with van der Waals surface area (Å²) in [5.41, 5.74) is 3.46. The first-order chi connectivity index (χ1) is 8.36. The lowest BCUT2D eigenvalue weighted by Crippen LogP contribution is -2.37. The lowest BCUT2D eigenvalue weighted by molar-refractivity contribution is 0.348. The van der Waals surface area contributed by atoms with Crippen LogP contribution in [0.4, 0.5) is 0 Å². The van der Waals surface area contributed by atoms with Crippen LogP contribution in [0.15, 0.2) is 24.5 Å². The summed E-state index contributed by atoms with van der Waals surface area (Å²) in [6.07, 6.45) is 15.2. The van der Waals surface area contributed by atoms with E-state index in [1.54, 1.807) is 6.20 Å². The molecule has 1 aliphatic heterocycles. The molecule has 1 saturated heterocycles. The topological polar surface area (TPSA) is 24.9 Å². The minimum Gasteiger partial charge on any atom is -0.313 e. The van der Waals surface area contributed by atoms with E-state index in [0.717, 1.165) is 18.5 Å². The van der Waals surface area contributed by atoms with Gasteiger partial charge in [-0.15, -0.1) is 6.42 Å². The monoisotopic (exact) mass is 224 g/mol. The molecular weight excluding hydrogens is 208 g/mol. The van der Waals surface area contributed by atoms with Gasteiger partial charge < -0.3 is 5.32 Å². The number of nitrogens with one attached hydrogen (secondary N) is 1. The van der Waals surface area contributed by atoms with Crippen LogP contribution in [0.1, 0.15) is 30.4 Å². The van der Waals surface area contributed by atoms with Gasteiger partial charge in [0.05, 0.1) is 0 Å². The summed E-state index contributed by atoms with van der Waals surface area (Å²) < 4.78 is 0. The van der Waals surface area contributed by atoms with E-state index in [2.05, 4.69) is 28.4 Å². The molecule has 0 amide bonds. The standard InChI is InChI=1S/C15H16N2/c1-2-11-6-14(10-16-9-11)13-7-12-4-3-5-17-15(12)8-13/h1,6-7,9-10,12,15,17H,3-5,8H2. The van der Waals surface area contributed by atoms with Crippen LogP contribution in [0.3, 0.4) is 0 Å². The summed E-state index contributed by atoms with van der Waals surface area (Å²) in [6, 6.07) is 2.70. The van der Waals surface area contributed by atoms with Crippen molar-refractivity contribution in [2.75, 3.05) is 6.54 Å². The maximum absolute atomic E-state index is 5.41. The minimum absolute atomic E-state index is 0.633. The molecule has 2 aliphatic rings. The number of nitrogens with zero attached hydrogens (tertiary/aromatic N) is 1. The molecule has 2 unspecified atom stereocenters. The fourth-order valence-corrected chi connectivity index (χ4v) is 2.87. The van der Waals surface area contributed by atoms with Crippen molar-refractivity contribution >= 4 is 5.57 Å². The Kier molecular flexibility index (Phi) is 2.70. The molecule has 3 rings (SSSR count). The highest BCUT2D eigenvalue weighted by Gasteiger charge is 2.29. The SMILES string of the molecule is C#Cc1cncc(C2=CC3CCCNC3C2)c1. The highest BCUT2D eigenvalue weighted by Crippen LogP contribution is 2.35. The Morgan fingerprint density at radius 1 is 1.41 bits per heavy atom. The second-order valence-electron chi connectivity index (χ2n) is 4.87. The van der Waals surface area contributed by atoms with E-state index in [9.17, 15) is 0 Å². The van der Waals surface area contributed by atoms with E-state index < -0.39 is 0 Å². The van der Waals surface area contributed by atoms with E-state index >= 15 is 0 Å². The van der Waals surface area contributed by atoms with Crippen molar-refractivity contribution in [3.63, 3.8) is 0 Å². The van der Waals surface area contributed by atoms with Gasteiger partial charge in [-0.05, 0) is 48.9 Å². The van der Waals surface area contributed by atoms with Gasteiger partial charge in [0.25, 0.3) is 0 Å². The second kappa shape index (κ2) is 4.35. The van der Waals surface area contributed by atoms with E-state index in [0.29, 0.717) is 12.0 Å². The van der Waals surface area contributed by atoms with Crippen LogP contribution in [0.25, 0.3) is 5.57 Å². The number of aromatic nitrogens is 1. The van der Waals surface area contributed by atoms with Gasteiger partial charge in [0.15, 0.2) is 0 Å². The van der Waals surface area contributed by atoms with Crippen LogP contribution in [-0.2, 0) is 0 Å². The van der Waals surface area contributed by atoms with Gasteiger partial charge in [0.2, 0.25) is 0 Å². The van der Waals surface area contributed by atoms with Crippen LogP contribution < -0.4 is 5.32 Å². The van der Waals surface area contributed by atoms with E-state index in [1.807, 2.05) is 6.20 Å². The van der Waals surface area contributed by atoms with Crippen molar-refractivity contribution in [1.82, 2.24) is 10.3 Å². The fraction of sp³-hybridized carbons (Fsp3) is 0.400. The smallest absolute Gasteiger partial charge is 0.0432 e. The molecule has 2 atom stereocenters. The van der Waals surface area contributed by atoms with Crippen LogP contribution in [0, 0.1) is 18.3 Å². The van der Waals surface area contributed by atoms with Crippen molar-refractivity contribution in [2.45, 2.75) is 25.3 Å². The van der Waals surface area contributed by atoms with Gasteiger partial charge in [0.1, 0.15) is 0 Å². The zero-order valence-electron chi connectivity index (χ0n) is 9.82. The van der Waals surface area contributed by atoms with Crippen molar-refractivity contribution in [1.29, 1.82) is 0 Å². The minimum atomic E-state index is 0.633. The fourth-order valence-electron chi connectivity index (χ4n) is 2.87. The van der Waals surface area contributed by atoms with Crippen LogP contribution in [0.5, 0.6) is 0 Å². The molecule has 86 valence electrons. The number of terminal acetylenes is 1. The number of rotatable bonds is 1. The summed E-state index contributed by atoms with van der Waals surface area (Å²) in [5.74, 6) is 3.35. The largest absolute Gasteiger partial charge is 0.313 e. The number of hydrogen-bond acceptors (Lipinski definition) is 2. The molecule has 0 bridgehead atoms. The molecule has 17 heavy (non-hydrogen) atoms. The molecular formula is C15H16N2. The number of hydrogen-bond donors (Lipinski definition) is 1. The average molecular weight is 224 g/mol. The molecule has 1 aromatic rings. The average Bonchev–Trinajstić information content (AvgIpc) is 2.82. The first-order valence-electron chi connectivity index (χ1n) is 6.23. The molecule has 0 aromatic carbocycles. The lowest BCUT2D eigenvalue weighted by atomic mass is 9.94. The quantitative estimate of drug-likeness (QED) is 0.740. The maximum atomic E-state index is 5.41. The van der Waals surface area contributed by atoms with Gasteiger partial charge >= 0.3 is 0 Å². The highest BCUT2D eigenvalue weighted by molar-refractivity contribution is 5.69. The van der Waals surface area contributed by atoms with E-state index in [4.69, 9.17) is 6.42 Å². The van der Waals surface area contributed by atoms with Crippen LogP contribution in [0.2, 0.25) is 0 Å². The van der Waals surface area contributed by atoms with E-state index in [1.165, 1.54) is 24.0 Å². The summed E-state index contributed by atoms with van der Waals surface area (Å²) in [6.45, 7) is 1.16. The second-order valence-corrected chi connectivity index (χ2v) is 4.87. The van der Waals surface area contributed by atoms with Crippen molar-refractivity contribution < 1.29 is 0 Å². The third kappa shape index (κ3) is 1.99. The molecule has 0 radical (unpaired) electrons. The summed E-state index contributed by atoms with van der Waals surface area (Å²) >= 11 is 0. The zero-order valence-corrected chi connectivity index (χ0v) is 9.82. The summed E-state index contributed by atoms with van der Waals surface area (Å²) in [4.78, 5) is 4.21. The van der Waals surface area contributed by atoms with E-state index in [-0.39, 0.29) is 0 Å². The Labute approximate surface area is 102 Å². The van der Waals surface area contributed by atoms with Gasteiger partial charge in [-0.2, -0.15) is 0 Å². The summed E-state index contributed by atoms with van der Waals surface area (Å²) in [5, 5.41) is 3.60. The third-order valence-electron chi connectivity index (χ3n) is 3.77. The molecule has 2 nitrogen and oxygen atoms in total. The Morgan fingerprint density at radius 3 is 3.18 bits per heavy atom. The first-order valence-corrected chi connectivity index (χ1v) is 6.23. The number of piperidine rings is 1. The van der Waals surface area contributed by atoms with Crippen molar-refractivity contribution in [3.05, 3.63) is 35.7 Å². The third-order valence-corrected chi connectivity index (χ3v) is 3.77. The number of pyridine rings is 1. The van der Waals surface area contributed by atoms with Gasteiger partial charge in [-0.25, -0.2) is 0 Å². The number of fused-ring (bicyclic) bond motifs is 1. The molecule has 2 heterocycles. The summed E-state index contributed by atoms with van der Waals surface area (Å²) in [7, 11) is 0. The highest BCUT2D eigenvalue weighted by atomic mass is 14.9. The van der Waals surface area contributed by atoms with Crippen LogP contribution in [-0.4, -0.2) is 17.6 Å². The molecule has 1 aromatic heterocycles. The van der Waals surface area contributed by atoms with Crippen LogP contribution >= 0.6 is 0 Å². The van der Waals surface area contributed by atoms with Gasteiger partial charge in [-0.1, -0.05) is 12.0 Å². The maximum Gasteiger partial charge on any atom is 0.0432 e. The normalized spacial score (nSPS) is 27.1. The Hall–Kier alpha value is -1.59. The van der Waals surface area contributed by atoms with Gasteiger partial charge in [-0.3, -0.25) is 4.98 Å². The molecule has 1 N–H and O–H groups in total. The first kappa shape index (κ1) is 10.6. The lowest BCUT2D eigenvalue weighted by Gasteiger charge is -2.25.